The lowest BCUT2D eigenvalue weighted by molar-refractivity contribution is -0.384. The number of nitro benzene ring substituents is 1. The van der Waals surface area contributed by atoms with Gasteiger partial charge in [0.05, 0.1) is 16.4 Å². The predicted molar refractivity (Wildman–Crippen MR) is 80.7 cm³/mol. The van der Waals surface area contributed by atoms with E-state index in [-0.39, 0.29) is 17.1 Å². The van der Waals surface area contributed by atoms with Gasteiger partial charge in [-0.15, -0.1) is 11.8 Å². The van der Waals surface area contributed by atoms with Gasteiger partial charge in [-0.05, 0) is 28.7 Å². The van der Waals surface area contributed by atoms with E-state index in [0.717, 1.165) is 0 Å². The number of nitro groups is 1. The molecule has 1 amide bonds. The van der Waals surface area contributed by atoms with Crippen LogP contribution in [0.3, 0.4) is 0 Å². The van der Waals surface area contributed by atoms with Crippen molar-refractivity contribution in [3.63, 3.8) is 0 Å². The molecule has 1 aliphatic rings. The number of benzene rings is 1. The Bertz CT molecular complexity index is 594. The Hall–Kier alpha value is -1.36. The number of hydrogen-bond donors (Lipinski definition) is 1. The minimum absolute atomic E-state index is 0.161. The summed E-state index contributed by atoms with van der Waals surface area (Å²) in [5.41, 5.74) is -0.0268. The lowest BCUT2D eigenvalue weighted by atomic mass is 10.1. The summed E-state index contributed by atoms with van der Waals surface area (Å²) in [7, 11) is 0. The number of thioether (sulfide) groups is 1. The van der Waals surface area contributed by atoms with E-state index in [2.05, 4.69) is 0 Å². The number of non-ortho nitro benzene ring substituents is 1. The third-order valence-corrected chi connectivity index (χ3v) is 4.77. The van der Waals surface area contributed by atoms with Crippen LogP contribution < -0.4 is 0 Å². The van der Waals surface area contributed by atoms with E-state index in [4.69, 9.17) is 5.11 Å². The second-order valence-electron chi connectivity index (χ2n) is 4.05. The molecule has 0 spiro atoms. The summed E-state index contributed by atoms with van der Waals surface area (Å²) < 4.78 is 0.555. The van der Waals surface area contributed by atoms with Crippen LogP contribution in [-0.2, 0) is 4.79 Å². The summed E-state index contributed by atoms with van der Waals surface area (Å²) in [5.74, 6) is -0.958. The number of carbonyl (C=O) groups is 2. The summed E-state index contributed by atoms with van der Waals surface area (Å²) in [6.45, 7) is 0. The van der Waals surface area contributed by atoms with Crippen molar-refractivity contribution in [2.75, 3.05) is 11.6 Å². The maximum absolute atomic E-state index is 12.4. The van der Waals surface area contributed by atoms with E-state index in [1.165, 1.54) is 34.9 Å². The highest BCUT2D eigenvalue weighted by Crippen LogP contribution is 2.27. The van der Waals surface area contributed by atoms with Crippen molar-refractivity contribution in [2.45, 2.75) is 6.04 Å². The van der Waals surface area contributed by atoms with Gasteiger partial charge in [0.1, 0.15) is 6.04 Å². The van der Waals surface area contributed by atoms with Crippen molar-refractivity contribution in [3.05, 3.63) is 37.4 Å². The van der Waals surface area contributed by atoms with E-state index < -0.39 is 22.8 Å². The predicted octanol–water partition coefficient (Wildman–Crippen LogP) is 1.80. The summed E-state index contributed by atoms with van der Waals surface area (Å²) in [6.07, 6.45) is 0. The standard InChI is InChI=1S/C11H9IN2O5S/c12-8-2-1-6(14(18)19)3-7(8)10(15)13-5-20-4-9(13)11(16)17/h1-3,9H,4-5H2,(H,16,17). The molecule has 1 fully saturated rings. The van der Waals surface area contributed by atoms with Crippen molar-refractivity contribution >= 4 is 51.9 Å². The largest absolute Gasteiger partial charge is 0.480 e. The topological polar surface area (TPSA) is 101 Å². The van der Waals surface area contributed by atoms with Crippen LogP contribution in [0, 0.1) is 13.7 Å². The van der Waals surface area contributed by atoms with Gasteiger partial charge in [-0.1, -0.05) is 0 Å². The monoisotopic (exact) mass is 408 g/mol. The molecule has 1 aromatic carbocycles. The van der Waals surface area contributed by atoms with Crippen molar-refractivity contribution < 1.29 is 19.6 Å². The first-order valence-corrected chi connectivity index (χ1v) is 7.70. The van der Waals surface area contributed by atoms with Crippen LogP contribution in [0.4, 0.5) is 5.69 Å². The van der Waals surface area contributed by atoms with Gasteiger partial charge in [0, 0.05) is 21.5 Å². The first kappa shape index (κ1) is 15.0. The fourth-order valence-corrected chi connectivity index (χ4v) is 3.50. The maximum atomic E-state index is 12.4. The van der Waals surface area contributed by atoms with Crippen molar-refractivity contribution in [3.8, 4) is 0 Å². The molecule has 20 heavy (non-hydrogen) atoms. The first-order chi connectivity index (χ1) is 9.41. The molecular formula is C11H9IN2O5S. The fraction of sp³-hybridized carbons (Fsp3) is 0.273. The summed E-state index contributed by atoms with van der Waals surface area (Å²) in [6, 6.07) is 3.09. The molecule has 1 aliphatic heterocycles. The molecule has 0 aromatic heterocycles. The second kappa shape index (κ2) is 5.95. The molecule has 0 radical (unpaired) electrons. The molecule has 0 bridgehead atoms. The molecule has 1 N–H and O–H groups in total. The van der Waals surface area contributed by atoms with Crippen LogP contribution in [0.2, 0.25) is 0 Å². The number of aliphatic carboxylic acids is 1. The van der Waals surface area contributed by atoms with Gasteiger partial charge in [0.15, 0.2) is 0 Å². The molecular weight excluding hydrogens is 399 g/mol. The lowest BCUT2D eigenvalue weighted by Crippen LogP contribution is -2.42. The Morgan fingerprint density at radius 1 is 1.50 bits per heavy atom. The molecule has 1 heterocycles. The van der Waals surface area contributed by atoms with Gasteiger partial charge < -0.3 is 10.0 Å². The summed E-state index contributed by atoms with van der Waals surface area (Å²) in [5, 5.41) is 19.8. The Balaban J connectivity index is 2.35. The normalized spacial score (nSPS) is 18.1. The van der Waals surface area contributed by atoms with Crippen LogP contribution in [0.15, 0.2) is 18.2 Å². The third kappa shape index (κ3) is 2.87. The molecule has 1 unspecified atom stereocenters. The Kier molecular flexibility index (Phi) is 4.48. The molecule has 1 saturated heterocycles. The van der Waals surface area contributed by atoms with Crippen molar-refractivity contribution in [1.82, 2.24) is 4.90 Å². The minimum atomic E-state index is -1.07. The van der Waals surface area contributed by atoms with Gasteiger partial charge >= 0.3 is 5.97 Å². The smallest absolute Gasteiger partial charge is 0.327 e. The van der Waals surface area contributed by atoms with E-state index in [0.29, 0.717) is 9.32 Å². The number of halogens is 1. The number of carboxylic acids is 1. The molecule has 2 rings (SSSR count). The molecule has 1 atom stereocenters. The zero-order valence-corrected chi connectivity index (χ0v) is 13.0. The third-order valence-electron chi connectivity index (χ3n) is 2.82. The number of hydrogen-bond acceptors (Lipinski definition) is 5. The molecule has 9 heteroatoms. The quantitative estimate of drug-likeness (QED) is 0.465. The molecule has 7 nitrogen and oxygen atoms in total. The summed E-state index contributed by atoms with van der Waals surface area (Å²) in [4.78, 5) is 34.9. The SMILES string of the molecule is O=C(O)C1CSCN1C(=O)c1cc([N+](=O)[O-])ccc1I. The molecule has 0 saturated carbocycles. The van der Waals surface area contributed by atoms with E-state index in [9.17, 15) is 19.7 Å². The van der Waals surface area contributed by atoms with Crippen LogP contribution in [0.25, 0.3) is 0 Å². The minimum Gasteiger partial charge on any atom is -0.480 e. The Morgan fingerprint density at radius 3 is 2.80 bits per heavy atom. The van der Waals surface area contributed by atoms with E-state index >= 15 is 0 Å². The highest BCUT2D eigenvalue weighted by Gasteiger charge is 2.36. The molecule has 0 aliphatic carbocycles. The fourth-order valence-electron chi connectivity index (χ4n) is 1.79. The van der Waals surface area contributed by atoms with E-state index in [1.807, 2.05) is 22.6 Å². The Labute approximate surface area is 131 Å². The van der Waals surface area contributed by atoms with Crippen LogP contribution in [-0.4, -0.2) is 44.5 Å². The number of nitrogens with zero attached hydrogens (tertiary/aromatic N) is 2. The van der Waals surface area contributed by atoms with Crippen LogP contribution in [0.1, 0.15) is 10.4 Å². The van der Waals surface area contributed by atoms with Gasteiger partial charge in [-0.2, -0.15) is 0 Å². The highest BCUT2D eigenvalue weighted by atomic mass is 127. The van der Waals surface area contributed by atoms with Crippen LogP contribution in [0.5, 0.6) is 0 Å². The van der Waals surface area contributed by atoms with Gasteiger partial charge in [0.25, 0.3) is 11.6 Å². The van der Waals surface area contributed by atoms with Gasteiger partial charge in [0.2, 0.25) is 0 Å². The van der Waals surface area contributed by atoms with Crippen molar-refractivity contribution in [1.29, 1.82) is 0 Å². The number of rotatable bonds is 3. The van der Waals surface area contributed by atoms with Crippen molar-refractivity contribution in [2.24, 2.45) is 0 Å². The maximum Gasteiger partial charge on any atom is 0.327 e. The first-order valence-electron chi connectivity index (χ1n) is 5.47. The number of carboxylic acid groups (broad SMARTS) is 1. The zero-order chi connectivity index (χ0) is 14.9. The molecule has 106 valence electrons. The van der Waals surface area contributed by atoms with Crippen LogP contribution >= 0.6 is 34.4 Å². The lowest BCUT2D eigenvalue weighted by Gasteiger charge is -2.20. The summed E-state index contributed by atoms with van der Waals surface area (Å²) >= 11 is 3.25. The van der Waals surface area contributed by atoms with E-state index in [1.54, 1.807) is 0 Å². The highest BCUT2D eigenvalue weighted by molar-refractivity contribution is 14.1. The average molecular weight is 408 g/mol. The zero-order valence-electron chi connectivity index (χ0n) is 9.98. The van der Waals surface area contributed by atoms with Gasteiger partial charge in [-0.25, -0.2) is 4.79 Å². The van der Waals surface area contributed by atoms with Gasteiger partial charge in [-0.3, -0.25) is 14.9 Å². The number of amides is 1. The number of carbonyl (C=O) groups excluding carboxylic acids is 1. The average Bonchev–Trinajstić information content (AvgIpc) is 2.87. The second-order valence-corrected chi connectivity index (χ2v) is 6.21. The Morgan fingerprint density at radius 2 is 2.20 bits per heavy atom. The molecule has 1 aromatic rings.